The molecule has 0 aliphatic heterocycles. The summed E-state index contributed by atoms with van der Waals surface area (Å²) in [5.74, 6) is 4.14. The first kappa shape index (κ1) is 12.2. The van der Waals surface area contributed by atoms with Crippen LogP contribution in [0.2, 0.25) is 0 Å². The van der Waals surface area contributed by atoms with Gasteiger partial charge in [0, 0.05) is 12.1 Å². The van der Waals surface area contributed by atoms with Gasteiger partial charge in [0.05, 0.1) is 0 Å². The van der Waals surface area contributed by atoms with E-state index in [4.69, 9.17) is 0 Å². The van der Waals surface area contributed by atoms with Gasteiger partial charge in [0.1, 0.15) is 0 Å². The maximum atomic E-state index is 3.97. The number of nitrogens with one attached hydrogen (secondary N) is 1. The van der Waals surface area contributed by atoms with E-state index in [1.807, 2.05) is 0 Å². The second kappa shape index (κ2) is 4.33. The fourth-order valence-corrected chi connectivity index (χ4v) is 5.55. The number of fused-ring (bicyclic) bond motifs is 6. The Labute approximate surface area is 126 Å². The molecule has 108 valence electrons. The zero-order valence-electron chi connectivity index (χ0n) is 12.6. The van der Waals surface area contributed by atoms with E-state index in [9.17, 15) is 0 Å². The molecule has 0 aromatic heterocycles. The van der Waals surface area contributed by atoms with Gasteiger partial charge in [0.25, 0.3) is 0 Å². The molecule has 1 heteroatoms. The number of hydrogen-bond acceptors (Lipinski definition) is 1. The summed E-state index contributed by atoms with van der Waals surface area (Å²) < 4.78 is 0. The summed E-state index contributed by atoms with van der Waals surface area (Å²) in [5.41, 5.74) is 1.46. The van der Waals surface area contributed by atoms with Gasteiger partial charge in [0.2, 0.25) is 0 Å². The van der Waals surface area contributed by atoms with Crippen LogP contribution in [0.1, 0.15) is 37.8 Å². The van der Waals surface area contributed by atoms with Gasteiger partial charge in [-0.05, 0) is 66.2 Å². The molecule has 3 aliphatic carbocycles. The molecule has 0 amide bonds. The van der Waals surface area contributed by atoms with E-state index in [2.05, 4.69) is 54.7 Å². The average molecular weight is 277 g/mol. The lowest BCUT2D eigenvalue weighted by molar-refractivity contribution is 0.434. The van der Waals surface area contributed by atoms with Gasteiger partial charge < -0.3 is 5.32 Å². The minimum absolute atomic E-state index is 0.464. The third-order valence-electron chi connectivity index (χ3n) is 6.47. The number of rotatable bonds is 3. The van der Waals surface area contributed by atoms with Crippen LogP contribution in [0.25, 0.3) is 10.8 Å². The van der Waals surface area contributed by atoms with Crippen molar-refractivity contribution < 1.29 is 0 Å². The predicted molar refractivity (Wildman–Crippen MR) is 87.1 cm³/mol. The van der Waals surface area contributed by atoms with Crippen molar-refractivity contribution in [3.8, 4) is 0 Å². The fraction of sp³-hybridized carbons (Fsp3) is 0.500. The Morgan fingerprint density at radius 2 is 1.67 bits per heavy atom. The summed E-state index contributed by atoms with van der Waals surface area (Å²) in [6.45, 7) is 2.34. The molecular formula is C20H23N. The molecule has 2 aromatic carbocycles. The Hall–Kier alpha value is -1.34. The lowest BCUT2D eigenvalue weighted by Crippen LogP contribution is -2.26. The Morgan fingerprint density at radius 1 is 0.952 bits per heavy atom. The third kappa shape index (κ3) is 1.73. The summed E-state index contributed by atoms with van der Waals surface area (Å²) in [7, 11) is 0. The zero-order valence-corrected chi connectivity index (χ0v) is 12.6. The van der Waals surface area contributed by atoms with Crippen LogP contribution in [-0.4, -0.2) is 6.04 Å². The zero-order chi connectivity index (χ0) is 14.0. The van der Waals surface area contributed by atoms with Crippen LogP contribution in [-0.2, 0) is 0 Å². The van der Waals surface area contributed by atoms with Crippen LogP contribution in [0, 0.1) is 23.7 Å². The molecule has 3 fully saturated rings. The van der Waals surface area contributed by atoms with Crippen molar-refractivity contribution in [2.45, 2.75) is 38.3 Å². The molecule has 2 aromatic rings. The Balaban J connectivity index is 1.40. The monoisotopic (exact) mass is 277 g/mol. The van der Waals surface area contributed by atoms with Crippen LogP contribution in [0.15, 0.2) is 42.5 Å². The van der Waals surface area contributed by atoms with Gasteiger partial charge in [-0.15, -0.1) is 0 Å². The molecule has 0 radical (unpaired) electrons. The Bertz CT molecular complexity index is 670. The van der Waals surface area contributed by atoms with Crippen molar-refractivity contribution in [1.82, 2.24) is 5.32 Å². The van der Waals surface area contributed by atoms with E-state index in [0.717, 1.165) is 29.7 Å². The molecule has 5 atom stereocenters. The molecule has 21 heavy (non-hydrogen) atoms. The first-order valence-corrected chi connectivity index (χ1v) is 8.56. The van der Waals surface area contributed by atoms with Crippen molar-refractivity contribution in [1.29, 1.82) is 0 Å². The lowest BCUT2D eigenvalue weighted by atomic mass is 9.99. The minimum Gasteiger partial charge on any atom is -0.307 e. The SMILES string of the molecule is CC(NC1C2C3CCC(C3)C12)c1cccc2ccccc12. The van der Waals surface area contributed by atoms with Gasteiger partial charge >= 0.3 is 0 Å². The summed E-state index contributed by atoms with van der Waals surface area (Å²) >= 11 is 0. The maximum Gasteiger partial charge on any atom is 0.0300 e. The van der Waals surface area contributed by atoms with E-state index in [-0.39, 0.29) is 0 Å². The van der Waals surface area contributed by atoms with Crippen LogP contribution in [0.3, 0.4) is 0 Å². The van der Waals surface area contributed by atoms with Crippen molar-refractivity contribution in [2.24, 2.45) is 23.7 Å². The standard InChI is InChI=1S/C20H23N/c1-12(16-8-4-6-13-5-2-3-7-17(13)16)21-20-18-14-9-10-15(11-14)19(18)20/h2-8,12,14-15,18-21H,9-11H2,1H3. The minimum atomic E-state index is 0.464. The molecular weight excluding hydrogens is 254 g/mol. The van der Waals surface area contributed by atoms with Gasteiger partial charge in [-0.25, -0.2) is 0 Å². The quantitative estimate of drug-likeness (QED) is 0.869. The second-order valence-corrected chi connectivity index (χ2v) is 7.47. The molecule has 3 saturated carbocycles. The summed E-state index contributed by atoms with van der Waals surface area (Å²) in [4.78, 5) is 0. The van der Waals surface area contributed by atoms with E-state index < -0.39 is 0 Å². The van der Waals surface area contributed by atoms with E-state index >= 15 is 0 Å². The van der Waals surface area contributed by atoms with E-state index in [1.54, 1.807) is 0 Å². The normalized spacial score (nSPS) is 37.7. The summed E-state index contributed by atoms with van der Waals surface area (Å²) in [6, 6.07) is 16.8. The number of hydrogen-bond donors (Lipinski definition) is 1. The lowest BCUT2D eigenvalue weighted by Gasteiger charge is -2.19. The largest absolute Gasteiger partial charge is 0.307 e. The summed E-state index contributed by atoms with van der Waals surface area (Å²) in [5, 5.41) is 6.74. The Kier molecular flexibility index (Phi) is 2.52. The maximum absolute atomic E-state index is 3.97. The highest BCUT2D eigenvalue weighted by atomic mass is 15.0. The highest BCUT2D eigenvalue weighted by Crippen LogP contribution is 2.65. The molecule has 2 bridgehead atoms. The molecule has 0 heterocycles. The van der Waals surface area contributed by atoms with E-state index in [1.165, 1.54) is 35.6 Å². The summed E-state index contributed by atoms with van der Waals surface area (Å²) in [6.07, 6.45) is 4.55. The van der Waals surface area contributed by atoms with Crippen molar-refractivity contribution in [2.75, 3.05) is 0 Å². The smallest absolute Gasteiger partial charge is 0.0300 e. The molecule has 5 rings (SSSR count). The molecule has 0 saturated heterocycles. The van der Waals surface area contributed by atoms with Crippen molar-refractivity contribution in [3.05, 3.63) is 48.0 Å². The average Bonchev–Trinajstić information content (AvgIpc) is 2.91. The van der Waals surface area contributed by atoms with Gasteiger partial charge in [-0.2, -0.15) is 0 Å². The topological polar surface area (TPSA) is 12.0 Å². The van der Waals surface area contributed by atoms with Gasteiger partial charge in [-0.1, -0.05) is 42.5 Å². The van der Waals surface area contributed by atoms with Crippen molar-refractivity contribution in [3.63, 3.8) is 0 Å². The third-order valence-corrected chi connectivity index (χ3v) is 6.47. The molecule has 5 unspecified atom stereocenters. The first-order chi connectivity index (χ1) is 10.3. The second-order valence-electron chi connectivity index (χ2n) is 7.47. The highest BCUT2D eigenvalue weighted by molar-refractivity contribution is 5.86. The first-order valence-electron chi connectivity index (χ1n) is 8.56. The predicted octanol–water partition coefficient (Wildman–Crippen LogP) is 4.53. The van der Waals surface area contributed by atoms with E-state index in [0.29, 0.717) is 6.04 Å². The van der Waals surface area contributed by atoms with Gasteiger partial charge in [0.15, 0.2) is 0 Å². The Morgan fingerprint density at radius 3 is 2.48 bits per heavy atom. The molecule has 1 N–H and O–H groups in total. The van der Waals surface area contributed by atoms with Crippen molar-refractivity contribution >= 4 is 10.8 Å². The molecule has 1 nitrogen and oxygen atoms in total. The highest BCUT2D eigenvalue weighted by Gasteiger charge is 2.64. The van der Waals surface area contributed by atoms with Crippen LogP contribution >= 0.6 is 0 Å². The fourth-order valence-electron chi connectivity index (χ4n) is 5.55. The van der Waals surface area contributed by atoms with Crippen LogP contribution in [0.5, 0.6) is 0 Å². The molecule has 3 aliphatic rings. The molecule has 0 spiro atoms. The number of benzene rings is 2. The van der Waals surface area contributed by atoms with Crippen LogP contribution in [0.4, 0.5) is 0 Å². The van der Waals surface area contributed by atoms with Gasteiger partial charge in [-0.3, -0.25) is 0 Å². The van der Waals surface area contributed by atoms with Crippen LogP contribution < -0.4 is 5.32 Å².